The second kappa shape index (κ2) is 9.58. The first-order valence-electron chi connectivity index (χ1n) is 13.8. The average Bonchev–Trinajstić information content (AvgIpc) is 3.42. The van der Waals surface area contributed by atoms with Crippen molar-refractivity contribution in [3.63, 3.8) is 0 Å². The molecule has 0 saturated carbocycles. The zero-order valence-electron chi connectivity index (χ0n) is 22.2. The maximum atomic E-state index is 6.58. The van der Waals surface area contributed by atoms with Gasteiger partial charge in [-0.05, 0) is 46.7 Å². The SMILES string of the molecule is c1ccc(-c2cc(-c3ccccc3)nc(-c3ccc4oc5c(-c6ccccc6)c6ccccc6cc5c4c3)n2)cc1. The molecule has 0 aliphatic heterocycles. The minimum atomic E-state index is 0.686. The molecular formula is C38H24N2O. The van der Waals surface area contributed by atoms with Gasteiger partial charge in [-0.2, -0.15) is 0 Å². The van der Waals surface area contributed by atoms with Crippen LogP contribution in [0, 0.1) is 0 Å². The Hall–Kier alpha value is -5.54. The molecule has 41 heavy (non-hydrogen) atoms. The number of fused-ring (bicyclic) bond motifs is 4. The standard InChI is InChI=1S/C38H24N2O/c1-4-12-25(13-5-1)33-24-34(26-14-6-2-7-15-26)40-38(39-33)29-20-21-35-31(23-29)32-22-28-18-10-11-19-30(28)36(37(32)41-35)27-16-8-3-9-17-27/h1-24H. The molecule has 8 rings (SSSR count). The van der Waals surface area contributed by atoms with E-state index < -0.39 is 0 Å². The summed E-state index contributed by atoms with van der Waals surface area (Å²) in [5.41, 5.74) is 8.84. The lowest BCUT2D eigenvalue weighted by Gasteiger charge is -2.09. The van der Waals surface area contributed by atoms with Crippen LogP contribution in [0.3, 0.4) is 0 Å². The number of nitrogens with zero attached hydrogens (tertiary/aromatic N) is 2. The van der Waals surface area contributed by atoms with E-state index in [1.165, 1.54) is 10.8 Å². The molecule has 0 N–H and O–H groups in total. The smallest absolute Gasteiger partial charge is 0.160 e. The summed E-state index contributed by atoms with van der Waals surface area (Å²) in [5, 5.41) is 4.50. The van der Waals surface area contributed by atoms with Gasteiger partial charge < -0.3 is 4.42 Å². The van der Waals surface area contributed by atoms with Gasteiger partial charge in [-0.15, -0.1) is 0 Å². The molecule has 0 unspecified atom stereocenters. The first kappa shape index (κ1) is 23.4. The van der Waals surface area contributed by atoms with Crippen LogP contribution in [-0.4, -0.2) is 9.97 Å². The highest BCUT2D eigenvalue weighted by Gasteiger charge is 2.18. The number of benzene rings is 6. The third-order valence-corrected chi connectivity index (χ3v) is 7.67. The molecule has 0 aliphatic carbocycles. The number of rotatable bonds is 4. The van der Waals surface area contributed by atoms with E-state index in [0.29, 0.717) is 5.82 Å². The monoisotopic (exact) mass is 524 g/mol. The third-order valence-electron chi connectivity index (χ3n) is 7.67. The van der Waals surface area contributed by atoms with Gasteiger partial charge in [0.15, 0.2) is 5.82 Å². The predicted molar refractivity (Wildman–Crippen MR) is 169 cm³/mol. The van der Waals surface area contributed by atoms with Gasteiger partial charge in [0.1, 0.15) is 11.2 Å². The second-order valence-corrected chi connectivity index (χ2v) is 10.2. The van der Waals surface area contributed by atoms with Crippen LogP contribution < -0.4 is 0 Å². The molecule has 6 aromatic carbocycles. The van der Waals surface area contributed by atoms with Crippen LogP contribution in [0.5, 0.6) is 0 Å². The molecule has 0 amide bonds. The topological polar surface area (TPSA) is 38.9 Å². The van der Waals surface area contributed by atoms with Crippen molar-refractivity contribution in [3.8, 4) is 45.0 Å². The van der Waals surface area contributed by atoms with Crippen molar-refractivity contribution in [3.05, 3.63) is 146 Å². The molecule has 0 fully saturated rings. The molecule has 0 aliphatic rings. The van der Waals surface area contributed by atoms with E-state index >= 15 is 0 Å². The average molecular weight is 525 g/mol. The Morgan fingerprint density at radius 1 is 0.415 bits per heavy atom. The predicted octanol–water partition coefficient (Wildman–Crippen LogP) is 10.2. The summed E-state index contributed by atoms with van der Waals surface area (Å²) in [6.45, 7) is 0. The fraction of sp³-hybridized carbons (Fsp3) is 0. The molecule has 0 bridgehead atoms. The highest BCUT2D eigenvalue weighted by Crippen LogP contribution is 2.42. The summed E-state index contributed by atoms with van der Waals surface area (Å²) in [6, 6.07) is 50.1. The van der Waals surface area contributed by atoms with Crippen LogP contribution in [0.4, 0.5) is 0 Å². The van der Waals surface area contributed by atoms with E-state index in [1.807, 2.05) is 48.5 Å². The normalized spacial score (nSPS) is 11.4. The van der Waals surface area contributed by atoms with E-state index in [0.717, 1.165) is 61.1 Å². The molecule has 192 valence electrons. The van der Waals surface area contributed by atoms with Crippen LogP contribution in [0.25, 0.3) is 77.7 Å². The molecule has 2 aromatic heterocycles. The number of furan rings is 1. The molecule has 0 saturated heterocycles. The summed E-state index contributed by atoms with van der Waals surface area (Å²) >= 11 is 0. The van der Waals surface area contributed by atoms with Crippen LogP contribution in [0.15, 0.2) is 150 Å². The van der Waals surface area contributed by atoms with Gasteiger partial charge in [-0.1, -0.05) is 115 Å². The van der Waals surface area contributed by atoms with Gasteiger partial charge >= 0.3 is 0 Å². The van der Waals surface area contributed by atoms with Crippen molar-refractivity contribution in [2.75, 3.05) is 0 Å². The van der Waals surface area contributed by atoms with Crippen LogP contribution in [-0.2, 0) is 0 Å². The Morgan fingerprint density at radius 2 is 1.00 bits per heavy atom. The third kappa shape index (κ3) is 4.07. The van der Waals surface area contributed by atoms with E-state index in [4.69, 9.17) is 14.4 Å². The first-order chi connectivity index (χ1) is 20.3. The first-order valence-corrected chi connectivity index (χ1v) is 13.8. The minimum Gasteiger partial charge on any atom is -0.455 e. The lowest BCUT2D eigenvalue weighted by Crippen LogP contribution is -1.95. The fourth-order valence-electron chi connectivity index (χ4n) is 5.69. The van der Waals surface area contributed by atoms with Gasteiger partial charge in [-0.3, -0.25) is 0 Å². The summed E-state index contributed by atoms with van der Waals surface area (Å²) in [6.07, 6.45) is 0. The Kier molecular flexibility index (Phi) is 5.46. The van der Waals surface area contributed by atoms with Crippen molar-refractivity contribution < 1.29 is 4.42 Å². The van der Waals surface area contributed by atoms with Crippen molar-refractivity contribution in [2.24, 2.45) is 0 Å². The Morgan fingerprint density at radius 3 is 1.66 bits per heavy atom. The molecule has 0 atom stereocenters. The van der Waals surface area contributed by atoms with E-state index in [-0.39, 0.29) is 0 Å². The fourth-order valence-corrected chi connectivity index (χ4v) is 5.69. The van der Waals surface area contributed by atoms with E-state index in [9.17, 15) is 0 Å². The van der Waals surface area contributed by atoms with Crippen LogP contribution in [0.1, 0.15) is 0 Å². The Balaban J connectivity index is 1.37. The van der Waals surface area contributed by atoms with Crippen LogP contribution >= 0.6 is 0 Å². The maximum absolute atomic E-state index is 6.58. The lowest BCUT2D eigenvalue weighted by atomic mass is 9.95. The number of aromatic nitrogens is 2. The van der Waals surface area contributed by atoms with Crippen molar-refractivity contribution in [1.29, 1.82) is 0 Å². The highest BCUT2D eigenvalue weighted by molar-refractivity contribution is 6.18. The molecule has 0 radical (unpaired) electrons. The van der Waals surface area contributed by atoms with Gasteiger partial charge in [0, 0.05) is 33.0 Å². The largest absolute Gasteiger partial charge is 0.455 e. The molecular weight excluding hydrogens is 500 g/mol. The van der Waals surface area contributed by atoms with Crippen molar-refractivity contribution in [2.45, 2.75) is 0 Å². The zero-order chi connectivity index (χ0) is 27.2. The minimum absolute atomic E-state index is 0.686. The molecule has 0 spiro atoms. The molecule has 3 nitrogen and oxygen atoms in total. The second-order valence-electron chi connectivity index (χ2n) is 10.2. The lowest BCUT2D eigenvalue weighted by molar-refractivity contribution is 0.670. The Bertz CT molecular complexity index is 2130. The number of hydrogen-bond donors (Lipinski definition) is 0. The Labute approximate surface area is 237 Å². The summed E-state index contributed by atoms with van der Waals surface area (Å²) < 4.78 is 6.58. The maximum Gasteiger partial charge on any atom is 0.160 e. The van der Waals surface area contributed by atoms with E-state index in [1.54, 1.807) is 0 Å². The molecule has 2 heterocycles. The van der Waals surface area contributed by atoms with E-state index in [2.05, 4.69) is 97.1 Å². The van der Waals surface area contributed by atoms with Crippen LogP contribution in [0.2, 0.25) is 0 Å². The van der Waals surface area contributed by atoms with Gasteiger partial charge in [0.25, 0.3) is 0 Å². The summed E-state index contributed by atoms with van der Waals surface area (Å²) in [5.74, 6) is 0.686. The van der Waals surface area contributed by atoms with Crippen molar-refractivity contribution in [1.82, 2.24) is 9.97 Å². The molecule has 8 aromatic rings. The van der Waals surface area contributed by atoms with Gasteiger partial charge in [-0.25, -0.2) is 9.97 Å². The number of hydrogen-bond acceptors (Lipinski definition) is 3. The highest BCUT2D eigenvalue weighted by atomic mass is 16.3. The summed E-state index contributed by atoms with van der Waals surface area (Å²) in [7, 11) is 0. The quantitative estimate of drug-likeness (QED) is 0.230. The molecule has 3 heteroatoms. The zero-order valence-corrected chi connectivity index (χ0v) is 22.2. The van der Waals surface area contributed by atoms with Gasteiger partial charge in [0.2, 0.25) is 0 Å². The summed E-state index contributed by atoms with van der Waals surface area (Å²) in [4.78, 5) is 10.1. The van der Waals surface area contributed by atoms with Gasteiger partial charge in [0.05, 0.1) is 11.4 Å². The van der Waals surface area contributed by atoms with Crippen molar-refractivity contribution >= 4 is 32.7 Å².